The van der Waals surface area contributed by atoms with Gasteiger partial charge in [-0.15, -0.1) is 0 Å². The Hall–Kier alpha value is -1.92. The first-order valence-electron chi connectivity index (χ1n) is 6.38. The molecule has 0 saturated carbocycles. The summed E-state index contributed by atoms with van der Waals surface area (Å²) >= 11 is 0. The molecule has 1 unspecified atom stereocenters. The minimum Gasteiger partial charge on any atom is -0.343 e. The highest BCUT2D eigenvalue weighted by atomic mass is 16.2. The molecule has 104 valence electrons. The highest BCUT2D eigenvalue weighted by molar-refractivity contribution is 5.94. The SMILES string of the molecule is CC(C)CC1NC(=O)CN(Cc2ncnn2C)C1=O. The molecule has 1 aliphatic heterocycles. The van der Waals surface area contributed by atoms with E-state index in [1.165, 1.54) is 11.2 Å². The molecule has 0 spiro atoms. The van der Waals surface area contributed by atoms with Crippen molar-refractivity contribution in [2.45, 2.75) is 32.9 Å². The Labute approximate surface area is 112 Å². The van der Waals surface area contributed by atoms with Crippen molar-refractivity contribution in [1.82, 2.24) is 25.0 Å². The number of amides is 2. The molecule has 0 radical (unpaired) electrons. The highest BCUT2D eigenvalue weighted by Crippen LogP contribution is 2.13. The molecule has 1 atom stereocenters. The lowest BCUT2D eigenvalue weighted by Crippen LogP contribution is -2.58. The molecule has 1 aromatic heterocycles. The molecule has 19 heavy (non-hydrogen) atoms. The average Bonchev–Trinajstić information content (AvgIpc) is 2.70. The van der Waals surface area contributed by atoms with Crippen molar-refractivity contribution >= 4 is 11.8 Å². The van der Waals surface area contributed by atoms with Crippen LogP contribution in [0.1, 0.15) is 26.1 Å². The van der Waals surface area contributed by atoms with Gasteiger partial charge in [-0.3, -0.25) is 14.3 Å². The first-order chi connectivity index (χ1) is 8.97. The number of carbonyl (C=O) groups is 2. The second-order valence-electron chi connectivity index (χ2n) is 5.24. The van der Waals surface area contributed by atoms with Crippen molar-refractivity contribution in [3.05, 3.63) is 12.2 Å². The normalized spacial score (nSPS) is 20.0. The van der Waals surface area contributed by atoms with Crippen LogP contribution < -0.4 is 5.32 Å². The maximum Gasteiger partial charge on any atom is 0.246 e. The Morgan fingerprint density at radius 2 is 2.21 bits per heavy atom. The summed E-state index contributed by atoms with van der Waals surface area (Å²) in [5.74, 6) is 0.860. The van der Waals surface area contributed by atoms with E-state index < -0.39 is 6.04 Å². The fourth-order valence-electron chi connectivity index (χ4n) is 2.17. The zero-order valence-corrected chi connectivity index (χ0v) is 11.5. The first-order valence-corrected chi connectivity index (χ1v) is 6.38. The molecule has 1 aliphatic rings. The molecular formula is C12H19N5O2. The number of aromatic nitrogens is 3. The van der Waals surface area contributed by atoms with E-state index >= 15 is 0 Å². The van der Waals surface area contributed by atoms with Gasteiger partial charge < -0.3 is 10.2 Å². The minimum absolute atomic E-state index is 0.0451. The molecule has 7 nitrogen and oxygen atoms in total. The van der Waals surface area contributed by atoms with Gasteiger partial charge in [0.15, 0.2) is 0 Å². The van der Waals surface area contributed by atoms with E-state index in [1.54, 1.807) is 11.7 Å². The topological polar surface area (TPSA) is 80.1 Å². The standard InChI is InChI=1S/C12H19N5O2/c1-8(2)4-9-12(19)17(6-11(18)15-9)5-10-13-7-14-16(10)3/h7-9H,4-6H2,1-3H3,(H,15,18). The van der Waals surface area contributed by atoms with E-state index in [4.69, 9.17) is 0 Å². The number of nitrogens with zero attached hydrogens (tertiary/aromatic N) is 4. The number of hydrogen-bond acceptors (Lipinski definition) is 4. The van der Waals surface area contributed by atoms with Gasteiger partial charge in [-0.1, -0.05) is 13.8 Å². The third-order valence-corrected chi connectivity index (χ3v) is 3.12. The van der Waals surface area contributed by atoms with Gasteiger partial charge >= 0.3 is 0 Å². The van der Waals surface area contributed by atoms with Crippen LogP contribution in [-0.2, 0) is 23.2 Å². The van der Waals surface area contributed by atoms with Crippen LogP contribution in [0.15, 0.2) is 6.33 Å². The molecule has 0 aliphatic carbocycles. The predicted molar refractivity (Wildman–Crippen MR) is 67.8 cm³/mol. The molecule has 1 N–H and O–H groups in total. The van der Waals surface area contributed by atoms with E-state index in [0.717, 1.165) is 0 Å². The quantitative estimate of drug-likeness (QED) is 0.809. The van der Waals surface area contributed by atoms with Crippen LogP contribution in [-0.4, -0.2) is 44.1 Å². The zero-order chi connectivity index (χ0) is 14.0. The second-order valence-corrected chi connectivity index (χ2v) is 5.24. The van der Waals surface area contributed by atoms with Crippen molar-refractivity contribution < 1.29 is 9.59 Å². The molecule has 0 aromatic carbocycles. The van der Waals surface area contributed by atoms with Crippen LogP contribution in [0.3, 0.4) is 0 Å². The maximum atomic E-state index is 12.3. The van der Waals surface area contributed by atoms with Gasteiger partial charge in [-0.2, -0.15) is 5.10 Å². The molecule has 2 amide bonds. The van der Waals surface area contributed by atoms with Gasteiger partial charge in [0.1, 0.15) is 24.7 Å². The molecule has 1 aromatic rings. The minimum atomic E-state index is -0.422. The van der Waals surface area contributed by atoms with Crippen LogP contribution in [0.5, 0.6) is 0 Å². The summed E-state index contributed by atoms with van der Waals surface area (Å²) in [4.78, 5) is 29.6. The van der Waals surface area contributed by atoms with Crippen LogP contribution in [0.2, 0.25) is 0 Å². The highest BCUT2D eigenvalue weighted by Gasteiger charge is 2.33. The summed E-state index contributed by atoms with van der Waals surface area (Å²) < 4.78 is 1.61. The summed E-state index contributed by atoms with van der Waals surface area (Å²) in [7, 11) is 1.77. The van der Waals surface area contributed by atoms with Crippen molar-refractivity contribution in [3.63, 3.8) is 0 Å². The molecule has 2 rings (SSSR count). The van der Waals surface area contributed by atoms with Crippen LogP contribution in [0.4, 0.5) is 0 Å². The summed E-state index contributed by atoms with van der Waals surface area (Å²) in [6.07, 6.45) is 2.09. The fourth-order valence-corrected chi connectivity index (χ4v) is 2.17. The van der Waals surface area contributed by atoms with E-state index in [0.29, 0.717) is 24.7 Å². The molecule has 1 saturated heterocycles. The Kier molecular flexibility index (Phi) is 3.82. The Bertz CT molecular complexity index is 482. The van der Waals surface area contributed by atoms with Crippen molar-refractivity contribution in [3.8, 4) is 0 Å². The largest absolute Gasteiger partial charge is 0.343 e. The maximum absolute atomic E-state index is 12.3. The Morgan fingerprint density at radius 1 is 1.47 bits per heavy atom. The zero-order valence-electron chi connectivity index (χ0n) is 11.5. The van der Waals surface area contributed by atoms with Gasteiger partial charge in [0.2, 0.25) is 11.8 Å². The Morgan fingerprint density at radius 3 is 2.79 bits per heavy atom. The van der Waals surface area contributed by atoms with Gasteiger partial charge in [0, 0.05) is 7.05 Å². The number of rotatable bonds is 4. The van der Waals surface area contributed by atoms with Gasteiger partial charge in [0.25, 0.3) is 0 Å². The van der Waals surface area contributed by atoms with Gasteiger partial charge in [-0.25, -0.2) is 4.98 Å². The van der Waals surface area contributed by atoms with Crippen molar-refractivity contribution in [1.29, 1.82) is 0 Å². The lowest BCUT2D eigenvalue weighted by Gasteiger charge is -2.32. The Balaban J connectivity index is 2.09. The smallest absolute Gasteiger partial charge is 0.246 e. The predicted octanol–water partition coefficient (Wildman–Crippen LogP) is -0.312. The van der Waals surface area contributed by atoms with Crippen LogP contribution in [0.25, 0.3) is 0 Å². The van der Waals surface area contributed by atoms with Crippen LogP contribution in [0, 0.1) is 5.92 Å². The first kappa shape index (κ1) is 13.5. The number of carbonyl (C=O) groups excluding carboxylic acids is 2. The summed E-state index contributed by atoms with van der Waals surface area (Å²) in [6.45, 7) is 4.46. The monoisotopic (exact) mass is 265 g/mol. The molecular weight excluding hydrogens is 246 g/mol. The molecule has 0 bridgehead atoms. The third-order valence-electron chi connectivity index (χ3n) is 3.12. The molecule has 1 fully saturated rings. The van der Waals surface area contributed by atoms with Crippen molar-refractivity contribution in [2.24, 2.45) is 13.0 Å². The number of hydrogen-bond donors (Lipinski definition) is 1. The molecule has 7 heteroatoms. The number of piperazine rings is 1. The van der Waals surface area contributed by atoms with E-state index in [2.05, 4.69) is 15.4 Å². The third kappa shape index (κ3) is 3.10. The van der Waals surface area contributed by atoms with Crippen molar-refractivity contribution in [2.75, 3.05) is 6.54 Å². The second kappa shape index (κ2) is 5.38. The summed E-state index contributed by atoms with van der Waals surface area (Å²) in [5, 5.41) is 6.71. The summed E-state index contributed by atoms with van der Waals surface area (Å²) in [5.41, 5.74) is 0. The van der Waals surface area contributed by atoms with E-state index in [-0.39, 0.29) is 18.4 Å². The number of aryl methyl sites for hydroxylation is 1. The van der Waals surface area contributed by atoms with Gasteiger partial charge in [0.05, 0.1) is 6.54 Å². The lowest BCUT2D eigenvalue weighted by molar-refractivity contribution is -0.145. The van der Waals surface area contributed by atoms with E-state index in [1.807, 2.05) is 13.8 Å². The number of nitrogens with one attached hydrogen (secondary N) is 1. The fraction of sp³-hybridized carbons (Fsp3) is 0.667. The van der Waals surface area contributed by atoms with Crippen LogP contribution >= 0.6 is 0 Å². The average molecular weight is 265 g/mol. The van der Waals surface area contributed by atoms with Gasteiger partial charge in [-0.05, 0) is 12.3 Å². The molecule has 2 heterocycles. The van der Waals surface area contributed by atoms with E-state index in [9.17, 15) is 9.59 Å². The lowest BCUT2D eigenvalue weighted by atomic mass is 10.0. The summed E-state index contributed by atoms with van der Waals surface area (Å²) in [6, 6.07) is -0.422.